The van der Waals surface area contributed by atoms with Gasteiger partial charge in [0.1, 0.15) is 0 Å². The third-order valence-electron chi connectivity index (χ3n) is 4.10. The Labute approximate surface area is 142 Å². The fourth-order valence-electron chi connectivity index (χ4n) is 2.74. The van der Waals surface area contributed by atoms with Crippen molar-refractivity contribution in [2.24, 2.45) is 0 Å². The average Bonchev–Trinajstić information content (AvgIpc) is 2.55. The molecule has 23 heavy (non-hydrogen) atoms. The molecule has 5 nitrogen and oxygen atoms in total. The van der Waals surface area contributed by atoms with Crippen molar-refractivity contribution in [3.05, 3.63) is 24.3 Å². The molecule has 0 aromatic heterocycles. The second kappa shape index (κ2) is 8.17. The Morgan fingerprint density at radius 3 is 2.39 bits per heavy atom. The van der Waals surface area contributed by atoms with E-state index >= 15 is 0 Å². The summed E-state index contributed by atoms with van der Waals surface area (Å²) in [6.07, 6.45) is 7.37. The van der Waals surface area contributed by atoms with Gasteiger partial charge in [0, 0.05) is 18.0 Å². The van der Waals surface area contributed by atoms with Crippen molar-refractivity contribution in [3.63, 3.8) is 0 Å². The van der Waals surface area contributed by atoms with Gasteiger partial charge in [0.2, 0.25) is 15.9 Å². The van der Waals surface area contributed by atoms with Gasteiger partial charge in [-0.15, -0.1) is 11.8 Å². The molecule has 1 aliphatic rings. The number of rotatable bonds is 6. The Morgan fingerprint density at radius 1 is 1.22 bits per heavy atom. The lowest BCUT2D eigenvalue weighted by Gasteiger charge is -2.24. The molecular formula is C16H24N2O3S2. The lowest BCUT2D eigenvalue weighted by Crippen LogP contribution is -2.43. The first kappa shape index (κ1) is 18.3. The van der Waals surface area contributed by atoms with E-state index in [1.54, 1.807) is 36.0 Å². The van der Waals surface area contributed by atoms with Gasteiger partial charge in [-0.3, -0.25) is 4.79 Å². The number of hydrogen-bond donors (Lipinski definition) is 1. The Hall–Kier alpha value is -1.05. The van der Waals surface area contributed by atoms with Gasteiger partial charge in [-0.05, 0) is 43.4 Å². The van der Waals surface area contributed by atoms with Crippen LogP contribution in [0.25, 0.3) is 0 Å². The summed E-state index contributed by atoms with van der Waals surface area (Å²) in [6.45, 7) is -0.150. The molecule has 128 valence electrons. The summed E-state index contributed by atoms with van der Waals surface area (Å²) >= 11 is 1.55. The van der Waals surface area contributed by atoms with Gasteiger partial charge in [-0.1, -0.05) is 19.3 Å². The molecule has 1 aliphatic carbocycles. The van der Waals surface area contributed by atoms with Crippen LogP contribution < -0.4 is 5.32 Å². The predicted octanol–water partition coefficient (Wildman–Crippen LogP) is 2.48. The number of thioether (sulfide) groups is 1. The highest BCUT2D eigenvalue weighted by molar-refractivity contribution is 7.98. The summed E-state index contributed by atoms with van der Waals surface area (Å²) in [6, 6.07) is 6.89. The fraction of sp³-hybridized carbons (Fsp3) is 0.562. The zero-order valence-electron chi connectivity index (χ0n) is 13.6. The van der Waals surface area contributed by atoms with Gasteiger partial charge in [0.25, 0.3) is 0 Å². The fourth-order valence-corrected chi connectivity index (χ4v) is 4.27. The van der Waals surface area contributed by atoms with Crippen molar-refractivity contribution in [2.45, 2.75) is 47.9 Å². The Balaban J connectivity index is 1.96. The van der Waals surface area contributed by atoms with Crippen LogP contribution in [0.2, 0.25) is 0 Å². The molecule has 0 bridgehead atoms. The number of carbonyl (C=O) groups excluding carboxylic acids is 1. The van der Waals surface area contributed by atoms with Gasteiger partial charge in [0.05, 0.1) is 11.4 Å². The molecule has 0 spiro atoms. The van der Waals surface area contributed by atoms with Crippen LogP contribution in [0.5, 0.6) is 0 Å². The number of benzene rings is 1. The summed E-state index contributed by atoms with van der Waals surface area (Å²) in [7, 11) is -2.19. The number of hydrogen-bond acceptors (Lipinski definition) is 4. The van der Waals surface area contributed by atoms with Gasteiger partial charge in [-0.2, -0.15) is 4.31 Å². The van der Waals surface area contributed by atoms with Crippen molar-refractivity contribution < 1.29 is 13.2 Å². The number of likely N-dealkylation sites (N-methyl/N-ethyl adjacent to an activating group) is 1. The van der Waals surface area contributed by atoms with Crippen molar-refractivity contribution in [1.82, 2.24) is 9.62 Å². The average molecular weight is 357 g/mol. The van der Waals surface area contributed by atoms with Crippen LogP contribution in [0.3, 0.4) is 0 Å². The molecular weight excluding hydrogens is 332 g/mol. The lowest BCUT2D eigenvalue weighted by atomic mass is 9.95. The first-order chi connectivity index (χ1) is 10.9. The lowest BCUT2D eigenvalue weighted by molar-refractivity contribution is -0.122. The third-order valence-corrected chi connectivity index (χ3v) is 6.67. The molecule has 7 heteroatoms. The molecule has 1 aromatic carbocycles. The van der Waals surface area contributed by atoms with E-state index in [4.69, 9.17) is 0 Å². The quantitative estimate of drug-likeness (QED) is 0.795. The summed E-state index contributed by atoms with van der Waals surface area (Å²) in [5.41, 5.74) is 0. The van der Waals surface area contributed by atoms with Crippen LogP contribution in [-0.2, 0) is 14.8 Å². The number of nitrogens with zero attached hydrogens (tertiary/aromatic N) is 1. The minimum Gasteiger partial charge on any atom is -0.352 e. The molecule has 1 saturated carbocycles. The number of nitrogens with one attached hydrogen (secondary N) is 1. The molecule has 0 atom stereocenters. The minimum absolute atomic E-state index is 0.150. The van der Waals surface area contributed by atoms with E-state index in [9.17, 15) is 13.2 Å². The molecule has 1 amide bonds. The highest BCUT2D eigenvalue weighted by atomic mass is 32.2. The maximum atomic E-state index is 12.5. The van der Waals surface area contributed by atoms with Gasteiger partial charge < -0.3 is 5.32 Å². The molecule has 1 fully saturated rings. The molecule has 0 radical (unpaired) electrons. The predicted molar refractivity (Wildman–Crippen MR) is 93.1 cm³/mol. The Morgan fingerprint density at radius 2 is 1.83 bits per heavy atom. The normalized spacial score (nSPS) is 16.5. The molecule has 1 aromatic rings. The first-order valence-electron chi connectivity index (χ1n) is 7.83. The maximum Gasteiger partial charge on any atom is 0.243 e. The first-order valence-corrected chi connectivity index (χ1v) is 10.5. The van der Waals surface area contributed by atoms with Crippen molar-refractivity contribution in [1.29, 1.82) is 0 Å². The van der Waals surface area contributed by atoms with Crippen LogP contribution in [0.1, 0.15) is 32.1 Å². The van der Waals surface area contributed by atoms with E-state index in [0.717, 1.165) is 34.9 Å². The van der Waals surface area contributed by atoms with Gasteiger partial charge in [0.15, 0.2) is 0 Å². The van der Waals surface area contributed by atoms with Crippen LogP contribution in [-0.4, -0.2) is 44.5 Å². The topological polar surface area (TPSA) is 66.5 Å². The van der Waals surface area contributed by atoms with E-state index in [2.05, 4.69) is 5.32 Å². The third kappa shape index (κ3) is 4.96. The van der Waals surface area contributed by atoms with Crippen LogP contribution >= 0.6 is 11.8 Å². The van der Waals surface area contributed by atoms with Crippen molar-refractivity contribution in [2.75, 3.05) is 19.8 Å². The zero-order valence-corrected chi connectivity index (χ0v) is 15.3. The van der Waals surface area contributed by atoms with Crippen LogP contribution in [0, 0.1) is 0 Å². The summed E-state index contributed by atoms with van der Waals surface area (Å²) < 4.78 is 26.1. The Kier molecular flexibility index (Phi) is 6.50. The van der Waals surface area contributed by atoms with Crippen LogP contribution in [0.4, 0.5) is 0 Å². The van der Waals surface area contributed by atoms with E-state index in [-0.39, 0.29) is 23.4 Å². The minimum atomic E-state index is -3.64. The molecule has 1 N–H and O–H groups in total. The van der Waals surface area contributed by atoms with E-state index in [1.165, 1.54) is 13.5 Å². The Bertz CT molecular complexity index is 623. The highest BCUT2D eigenvalue weighted by Gasteiger charge is 2.24. The summed E-state index contributed by atoms with van der Waals surface area (Å²) in [5, 5.41) is 2.94. The van der Waals surface area contributed by atoms with Gasteiger partial charge >= 0.3 is 0 Å². The number of carbonyl (C=O) groups is 1. The smallest absolute Gasteiger partial charge is 0.243 e. The van der Waals surface area contributed by atoms with Crippen molar-refractivity contribution >= 4 is 27.7 Å². The van der Waals surface area contributed by atoms with E-state index in [1.807, 2.05) is 6.26 Å². The molecule has 0 aliphatic heterocycles. The number of amides is 1. The SMILES string of the molecule is CSc1ccc(S(=O)(=O)N(C)CC(=O)NC2CCCCC2)cc1. The summed E-state index contributed by atoms with van der Waals surface area (Å²) in [5.74, 6) is -0.233. The van der Waals surface area contributed by atoms with E-state index < -0.39 is 10.0 Å². The summed E-state index contributed by atoms with van der Waals surface area (Å²) in [4.78, 5) is 13.3. The van der Waals surface area contributed by atoms with Crippen LogP contribution in [0.15, 0.2) is 34.1 Å². The molecule has 0 unspecified atom stereocenters. The largest absolute Gasteiger partial charge is 0.352 e. The molecule has 0 saturated heterocycles. The second-order valence-corrected chi connectivity index (χ2v) is 8.76. The standard InChI is InChI=1S/C16H24N2O3S2/c1-18(12-16(19)17-13-6-4-3-5-7-13)23(20,21)15-10-8-14(22-2)9-11-15/h8-11,13H,3-7,12H2,1-2H3,(H,17,19). The van der Waals surface area contributed by atoms with Gasteiger partial charge in [-0.25, -0.2) is 8.42 Å². The molecule has 0 heterocycles. The molecule has 2 rings (SSSR count). The maximum absolute atomic E-state index is 12.5. The second-order valence-electron chi connectivity index (χ2n) is 5.84. The van der Waals surface area contributed by atoms with Crippen molar-refractivity contribution in [3.8, 4) is 0 Å². The zero-order chi connectivity index (χ0) is 16.9. The monoisotopic (exact) mass is 356 g/mol. The van der Waals surface area contributed by atoms with E-state index in [0.29, 0.717) is 0 Å². The number of sulfonamides is 1. The highest BCUT2D eigenvalue weighted by Crippen LogP contribution is 2.20.